The van der Waals surface area contributed by atoms with Crippen molar-refractivity contribution in [2.75, 3.05) is 5.32 Å². The molecular weight excluding hydrogens is 260 g/mol. The van der Waals surface area contributed by atoms with Gasteiger partial charge in [0.1, 0.15) is 5.75 Å². The SMILES string of the molecule is CC1(C)CCCC(Nc2cccc(OC(F)F)c2)CC1. The Balaban J connectivity index is 1.95. The van der Waals surface area contributed by atoms with E-state index in [-0.39, 0.29) is 5.75 Å². The molecule has 0 spiro atoms. The highest BCUT2D eigenvalue weighted by molar-refractivity contribution is 5.48. The normalized spacial score (nSPS) is 22.4. The minimum atomic E-state index is -2.77. The predicted molar refractivity (Wildman–Crippen MR) is 77.4 cm³/mol. The number of nitrogens with one attached hydrogen (secondary N) is 1. The summed E-state index contributed by atoms with van der Waals surface area (Å²) in [5, 5.41) is 3.45. The Bertz CT molecular complexity index is 434. The third-order valence-corrected chi connectivity index (χ3v) is 4.01. The molecule has 0 bridgehead atoms. The Labute approximate surface area is 119 Å². The molecule has 0 amide bonds. The average Bonchev–Trinajstić information content (AvgIpc) is 2.51. The van der Waals surface area contributed by atoms with Crippen molar-refractivity contribution >= 4 is 5.69 Å². The van der Waals surface area contributed by atoms with E-state index in [1.165, 1.54) is 19.3 Å². The van der Waals surface area contributed by atoms with Crippen LogP contribution in [-0.4, -0.2) is 12.7 Å². The number of benzene rings is 1. The molecule has 0 radical (unpaired) electrons. The quantitative estimate of drug-likeness (QED) is 0.780. The van der Waals surface area contributed by atoms with Crippen molar-refractivity contribution in [1.82, 2.24) is 0 Å². The van der Waals surface area contributed by atoms with E-state index < -0.39 is 6.61 Å². The van der Waals surface area contributed by atoms with Crippen LogP contribution in [0.1, 0.15) is 46.0 Å². The zero-order chi connectivity index (χ0) is 14.6. The van der Waals surface area contributed by atoms with Gasteiger partial charge in [0.25, 0.3) is 0 Å². The molecule has 20 heavy (non-hydrogen) atoms. The van der Waals surface area contributed by atoms with Gasteiger partial charge in [0.2, 0.25) is 0 Å². The zero-order valence-corrected chi connectivity index (χ0v) is 12.2. The van der Waals surface area contributed by atoms with Gasteiger partial charge in [0.15, 0.2) is 0 Å². The number of hydrogen-bond acceptors (Lipinski definition) is 2. The molecule has 2 rings (SSSR count). The standard InChI is InChI=1S/C16H23F2NO/c1-16(2)9-4-6-12(8-10-16)19-13-5-3-7-14(11-13)20-15(17)18/h3,5,7,11-12,15,19H,4,6,8-10H2,1-2H3. The molecule has 112 valence electrons. The van der Waals surface area contributed by atoms with Gasteiger partial charge in [-0.15, -0.1) is 0 Å². The Morgan fingerprint density at radius 3 is 2.80 bits per heavy atom. The molecule has 0 aliphatic heterocycles. The van der Waals surface area contributed by atoms with Gasteiger partial charge in [-0.2, -0.15) is 8.78 Å². The van der Waals surface area contributed by atoms with Crippen LogP contribution in [0.4, 0.5) is 14.5 Å². The number of alkyl halides is 2. The van der Waals surface area contributed by atoms with Crippen molar-refractivity contribution in [2.45, 2.75) is 58.6 Å². The lowest BCUT2D eigenvalue weighted by Crippen LogP contribution is -2.19. The summed E-state index contributed by atoms with van der Waals surface area (Å²) in [7, 11) is 0. The van der Waals surface area contributed by atoms with Crippen LogP contribution in [0.15, 0.2) is 24.3 Å². The Kier molecular flexibility index (Phi) is 4.84. The first kappa shape index (κ1) is 15.1. The van der Waals surface area contributed by atoms with Crippen LogP contribution in [0.5, 0.6) is 5.75 Å². The summed E-state index contributed by atoms with van der Waals surface area (Å²) in [5.74, 6) is 0.207. The zero-order valence-electron chi connectivity index (χ0n) is 12.2. The fourth-order valence-corrected chi connectivity index (χ4v) is 2.80. The highest BCUT2D eigenvalue weighted by atomic mass is 19.3. The first-order valence-corrected chi connectivity index (χ1v) is 7.26. The molecule has 0 aromatic heterocycles. The van der Waals surface area contributed by atoms with E-state index >= 15 is 0 Å². The Hall–Kier alpha value is -1.32. The molecule has 1 N–H and O–H groups in total. The minimum absolute atomic E-state index is 0.207. The molecule has 2 nitrogen and oxygen atoms in total. The van der Waals surface area contributed by atoms with Gasteiger partial charge in [-0.3, -0.25) is 0 Å². The fourth-order valence-electron chi connectivity index (χ4n) is 2.80. The Morgan fingerprint density at radius 1 is 1.25 bits per heavy atom. The number of rotatable bonds is 4. The van der Waals surface area contributed by atoms with Gasteiger partial charge >= 0.3 is 6.61 Å². The lowest BCUT2D eigenvalue weighted by atomic mass is 9.85. The van der Waals surface area contributed by atoms with Crippen molar-refractivity contribution in [1.29, 1.82) is 0 Å². The number of hydrogen-bond donors (Lipinski definition) is 1. The minimum Gasteiger partial charge on any atom is -0.435 e. The molecule has 1 saturated carbocycles. The predicted octanol–water partition coefficient (Wildman–Crippen LogP) is 5.06. The summed E-state index contributed by atoms with van der Waals surface area (Å²) in [6.45, 7) is 1.85. The van der Waals surface area contributed by atoms with Crippen molar-refractivity contribution in [3.8, 4) is 5.75 Å². The highest BCUT2D eigenvalue weighted by Crippen LogP contribution is 2.34. The fraction of sp³-hybridized carbons (Fsp3) is 0.625. The van der Waals surface area contributed by atoms with E-state index in [0.29, 0.717) is 11.5 Å². The maximum absolute atomic E-state index is 12.2. The summed E-state index contributed by atoms with van der Waals surface area (Å²) in [5.41, 5.74) is 1.27. The summed E-state index contributed by atoms with van der Waals surface area (Å²) in [6.07, 6.45) is 5.89. The summed E-state index contributed by atoms with van der Waals surface area (Å²) >= 11 is 0. The van der Waals surface area contributed by atoms with E-state index in [1.54, 1.807) is 18.2 Å². The first-order valence-electron chi connectivity index (χ1n) is 7.26. The summed E-state index contributed by atoms with van der Waals surface area (Å²) < 4.78 is 28.8. The van der Waals surface area contributed by atoms with E-state index in [4.69, 9.17) is 0 Å². The van der Waals surface area contributed by atoms with Crippen LogP contribution in [0, 0.1) is 5.41 Å². The highest BCUT2D eigenvalue weighted by Gasteiger charge is 2.24. The number of halogens is 2. The largest absolute Gasteiger partial charge is 0.435 e. The molecular formula is C16H23F2NO. The van der Waals surface area contributed by atoms with Crippen molar-refractivity contribution < 1.29 is 13.5 Å². The number of ether oxygens (including phenoxy) is 1. The third kappa shape index (κ3) is 4.66. The third-order valence-electron chi connectivity index (χ3n) is 4.01. The second-order valence-corrected chi connectivity index (χ2v) is 6.34. The maximum Gasteiger partial charge on any atom is 0.387 e. The van der Waals surface area contributed by atoms with Gasteiger partial charge in [-0.25, -0.2) is 0 Å². The van der Waals surface area contributed by atoms with Gasteiger partial charge in [0.05, 0.1) is 0 Å². The lowest BCUT2D eigenvalue weighted by Gasteiger charge is -2.22. The molecule has 1 fully saturated rings. The topological polar surface area (TPSA) is 21.3 Å². The van der Waals surface area contributed by atoms with Crippen molar-refractivity contribution in [3.63, 3.8) is 0 Å². The van der Waals surface area contributed by atoms with E-state index in [9.17, 15) is 8.78 Å². The van der Waals surface area contributed by atoms with Crippen LogP contribution in [0.25, 0.3) is 0 Å². The number of anilines is 1. The van der Waals surface area contributed by atoms with Crippen LogP contribution in [-0.2, 0) is 0 Å². The van der Waals surface area contributed by atoms with Gasteiger partial charge in [0, 0.05) is 17.8 Å². The van der Waals surface area contributed by atoms with Crippen LogP contribution in [0.2, 0.25) is 0 Å². The second-order valence-electron chi connectivity index (χ2n) is 6.34. The van der Waals surface area contributed by atoms with Crippen LogP contribution in [0.3, 0.4) is 0 Å². The smallest absolute Gasteiger partial charge is 0.387 e. The molecule has 0 saturated heterocycles. The van der Waals surface area contributed by atoms with E-state index in [0.717, 1.165) is 18.5 Å². The average molecular weight is 283 g/mol. The molecule has 1 unspecified atom stereocenters. The van der Waals surface area contributed by atoms with Crippen LogP contribution >= 0.6 is 0 Å². The molecule has 1 atom stereocenters. The monoisotopic (exact) mass is 283 g/mol. The maximum atomic E-state index is 12.2. The van der Waals surface area contributed by atoms with Crippen molar-refractivity contribution in [3.05, 3.63) is 24.3 Å². The lowest BCUT2D eigenvalue weighted by molar-refractivity contribution is -0.0498. The van der Waals surface area contributed by atoms with Crippen molar-refractivity contribution in [2.24, 2.45) is 5.41 Å². The molecule has 1 aliphatic rings. The van der Waals surface area contributed by atoms with Gasteiger partial charge in [-0.1, -0.05) is 26.3 Å². The van der Waals surface area contributed by atoms with E-state index in [1.807, 2.05) is 6.07 Å². The summed E-state index contributed by atoms with van der Waals surface area (Å²) in [4.78, 5) is 0. The molecule has 1 aromatic rings. The van der Waals surface area contributed by atoms with E-state index in [2.05, 4.69) is 23.9 Å². The molecule has 4 heteroatoms. The van der Waals surface area contributed by atoms with Gasteiger partial charge in [-0.05, 0) is 43.2 Å². The first-order chi connectivity index (χ1) is 9.44. The van der Waals surface area contributed by atoms with Crippen LogP contribution < -0.4 is 10.1 Å². The molecule has 1 aromatic carbocycles. The summed E-state index contributed by atoms with van der Waals surface area (Å²) in [6, 6.07) is 7.24. The Morgan fingerprint density at radius 2 is 2.05 bits per heavy atom. The molecule has 1 aliphatic carbocycles. The second kappa shape index (κ2) is 6.42. The molecule has 0 heterocycles. The van der Waals surface area contributed by atoms with Gasteiger partial charge < -0.3 is 10.1 Å².